The molecule has 2 rings (SSSR count). The highest BCUT2D eigenvalue weighted by Gasteiger charge is 2.57. The van der Waals surface area contributed by atoms with E-state index >= 15 is 0 Å². The van der Waals surface area contributed by atoms with Crippen LogP contribution in [0.25, 0.3) is 0 Å². The van der Waals surface area contributed by atoms with E-state index in [4.69, 9.17) is 4.74 Å². The quantitative estimate of drug-likeness (QED) is 0.461. The second-order valence-electron chi connectivity index (χ2n) is 3.93. The van der Waals surface area contributed by atoms with Crippen LogP contribution in [0.1, 0.15) is 25.7 Å². The summed E-state index contributed by atoms with van der Waals surface area (Å²) >= 11 is 0. The number of allylic oxidation sites excluding steroid dienone is 1. The Hall–Kier alpha value is -0.560. The number of rotatable bonds is 3. The van der Waals surface area contributed by atoms with Gasteiger partial charge >= 0.3 is 0 Å². The van der Waals surface area contributed by atoms with Crippen molar-refractivity contribution < 1.29 is 4.74 Å². The zero-order valence-corrected chi connectivity index (χ0v) is 7.46. The molecule has 0 amide bonds. The Bertz CT molecular complexity index is 209. The van der Waals surface area contributed by atoms with Crippen molar-refractivity contribution in [1.82, 2.24) is 0 Å². The van der Waals surface area contributed by atoms with Gasteiger partial charge in [0, 0.05) is 0 Å². The van der Waals surface area contributed by atoms with E-state index in [1.807, 2.05) is 6.08 Å². The van der Waals surface area contributed by atoms with Crippen LogP contribution in [-0.4, -0.2) is 11.7 Å². The van der Waals surface area contributed by atoms with Gasteiger partial charge in [0.15, 0.2) is 0 Å². The molecule has 0 bridgehead atoms. The Balaban J connectivity index is 1.95. The smallest absolute Gasteiger partial charge is 0.0982 e. The third-order valence-corrected chi connectivity index (χ3v) is 3.18. The molecule has 3 unspecified atom stereocenters. The molecule has 1 heteroatoms. The summed E-state index contributed by atoms with van der Waals surface area (Å²) in [5.41, 5.74) is 0.210. The average molecular weight is 164 g/mol. The van der Waals surface area contributed by atoms with E-state index in [0.29, 0.717) is 12.0 Å². The van der Waals surface area contributed by atoms with Gasteiger partial charge in [-0.3, -0.25) is 0 Å². The predicted molar refractivity (Wildman–Crippen MR) is 50.0 cm³/mol. The Morgan fingerprint density at radius 3 is 2.92 bits per heavy atom. The SMILES string of the molecule is C=CCC12CCC(C=C)CC1O2. The monoisotopic (exact) mass is 164 g/mol. The second-order valence-corrected chi connectivity index (χ2v) is 3.93. The third kappa shape index (κ3) is 1.13. The van der Waals surface area contributed by atoms with E-state index in [9.17, 15) is 0 Å². The molecule has 3 atom stereocenters. The van der Waals surface area contributed by atoms with E-state index in [2.05, 4.69) is 19.2 Å². The Kier molecular flexibility index (Phi) is 1.84. The van der Waals surface area contributed by atoms with Crippen molar-refractivity contribution in [2.45, 2.75) is 37.4 Å². The Labute approximate surface area is 74.1 Å². The highest BCUT2D eigenvalue weighted by atomic mass is 16.6. The zero-order valence-electron chi connectivity index (χ0n) is 7.46. The number of ether oxygens (including phenoxy) is 1. The molecule has 66 valence electrons. The van der Waals surface area contributed by atoms with Gasteiger partial charge < -0.3 is 4.74 Å². The van der Waals surface area contributed by atoms with Gasteiger partial charge in [-0.25, -0.2) is 0 Å². The lowest BCUT2D eigenvalue weighted by Crippen LogP contribution is -2.22. The fourth-order valence-corrected chi connectivity index (χ4v) is 2.29. The van der Waals surface area contributed by atoms with E-state index in [0.717, 1.165) is 6.42 Å². The first-order valence-electron chi connectivity index (χ1n) is 4.72. The number of epoxide rings is 1. The van der Waals surface area contributed by atoms with E-state index in [1.165, 1.54) is 19.3 Å². The van der Waals surface area contributed by atoms with Crippen molar-refractivity contribution in [2.75, 3.05) is 0 Å². The van der Waals surface area contributed by atoms with Gasteiger partial charge in [-0.15, -0.1) is 13.2 Å². The van der Waals surface area contributed by atoms with Crippen LogP contribution >= 0.6 is 0 Å². The van der Waals surface area contributed by atoms with Gasteiger partial charge in [0.25, 0.3) is 0 Å². The maximum absolute atomic E-state index is 5.72. The molecule has 1 saturated carbocycles. The van der Waals surface area contributed by atoms with E-state index in [-0.39, 0.29) is 5.60 Å². The summed E-state index contributed by atoms with van der Waals surface area (Å²) in [6.45, 7) is 7.60. The largest absolute Gasteiger partial charge is 0.366 e. The van der Waals surface area contributed by atoms with Crippen molar-refractivity contribution in [1.29, 1.82) is 0 Å². The first-order valence-corrected chi connectivity index (χ1v) is 4.72. The second kappa shape index (κ2) is 2.74. The molecular formula is C11H16O. The molecule has 12 heavy (non-hydrogen) atoms. The highest BCUT2D eigenvalue weighted by Crippen LogP contribution is 2.52. The van der Waals surface area contributed by atoms with Gasteiger partial charge in [-0.1, -0.05) is 12.2 Å². The summed E-state index contributed by atoms with van der Waals surface area (Å²) in [7, 11) is 0. The van der Waals surface area contributed by atoms with Gasteiger partial charge in [0.2, 0.25) is 0 Å². The van der Waals surface area contributed by atoms with Crippen molar-refractivity contribution in [3.8, 4) is 0 Å². The summed E-state index contributed by atoms with van der Waals surface area (Å²) in [5, 5.41) is 0. The van der Waals surface area contributed by atoms with Crippen LogP contribution in [0.2, 0.25) is 0 Å². The Morgan fingerprint density at radius 2 is 2.33 bits per heavy atom. The Morgan fingerprint density at radius 1 is 1.50 bits per heavy atom. The fraction of sp³-hybridized carbons (Fsp3) is 0.636. The maximum atomic E-state index is 5.72. The molecule has 0 aromatic carbocycles. The summed E-state index contributed by atoms with van der Waals surface area (Å²) in [5.74, 6) is 0.690. The van der Waals surface area contributed by atoms with Crippen LogP contribution in [0.15, 0.2) is 25.3 Å². The predicted octanol–water partition coefficient (Wildman–Crippen LogP) is 2.69. The molecular weight excluding hydrogens is 148 g/mol. The fourth-order valence-electron chi connectivity index (χ4n) is 2.29. The maximum Gasteiger partial charge on any atom is 0.0982 e. The average Bonchev–Trinajstić information content (AvgIpc) is 2.77. The highest BCUT2D eigenvalue weighted by molar-refractivity contribution is 5.11. The zero-order chi connectivity index (χ0) is 8.60. The minimum Gasteiger partial charge on any atom is -0.366 e. The normalized spacial score (nSPS) is 44.7. The molecule has 2 fully saturated rings. The molecule has 1 nitrogen and oxygen atoms in total. The molecule has 1 saturated heterocycles. The molecule has 0 aromatic heterocycles. The molecule has 0 N–H and O–H groups in total. The van der Waals surface area contributed by atoms with E-state index < -0.39 is 0 Å². The molecule has 1 heterocycles. The van der Waals surface area contributed by atoms with Crippen LogP contribution in [0.4, 0.5) is 0 Å². The van der Waals surface area contributed by atoms with Crippen molar-refractivity contribution in [3.63, 3.8) is 0 Å². The number of hydrogen-bond donors (Lipinski definition) is 0. The van der Waals surface area contributed by atoms with Crippen LogP contribution in [-0.2, 0) is 4.74 Å². The first kappa shape index (κ1) is 8.06. The lowest BCUT2D eigenvalue weighted by Gasteiger charge is -2.20. The minimum atomic E-state index is 0.210. The van der Waals surface area contributed by atoms with Gasteiger partial charge in [-0.05, 0) is 31.6 Å². The van der Waals surface area contributed by atoms with Crippen LogP contribution < -0.4 is 0 Å². The van der Waals surface area contributed by atoms with Crippen molar-refractivity contribution in [3.05, 3.63) is 25.3 Å². The molecule has 1 aliphatic carbocycles. The topological polar surface area (TPSA) is 12.5 Å². The minimum absolute atomic E-state index is 0.210. The lowest BCUT2D eigenvalue weighted by molar-refractivity contribution is 0.285. The molecule has 0 radical (unpaired) electrons. The van der Waals surface area contributed by atoms with E-state index in [1.54, 1.807) is 0 Å². The van der Waals surface area contributed by atoms with Crippen molar-refractivity contribution >= 4 is 0 Å². The van der Waals surface area contributed by atoms with Crippen LogP contribution in [0.5, 0.6) is 0 Å². The van der Waals surface area contributed by atoms with Crippen LogP contribution in [0.3, 0.4) is 0 Å². The molecule has 2 aliphatic rings. The van der Waals surface area contributed by atoms with Gasteiger partial charge in [0.05, 0.1) is 11.7 Å². The summed E-state index contributed by atoms with van der Waals surface area (Å²) in [6, 6.07) is 0. The third-order valence-electron chi connectivity index (χ3n) is 3.18. The van der Waals surface area contributed by atoms with Gasteiger partial charge in [-0.2, -0.15) is 0 Å². The molecule has 1 aliphatic heterocycles. The summed E-state index contributed by atoms with van der Waals surface area (Å²) in [6.07, 6.45) is 9.20. The summed E-state index contributed by atoms with van der Waals surface area (Å²) < 4.78 is 5.72. The number of hydrogen-bond acceptors (Lipinski definition) is 1. The van der Waals surface area contributed by atoms with Crippen molar-refractivity contribution in [2.24, 2.45) is 5.92 Å². The number of fused-ring (bicyclic) bond motifs is 1. The molecule has 0 spiro atoms. The van der Waals surface area contributed by atoms with Gasteiger partial charge in [0.1, 0.15) is 0 Å². The summed E-state index contributed by atoms with van der Waals surface area (Å²) in [4.78, 5) is 0. The standard InChI is InChI=1S/C11H16O/c1-3-6-11-7-5-9(4-2)8-10(11)12-11/h3-4,9-10H,1-2,5-8H2. The first-order chi connectivity index (χ1) is 5.80. The lowest BCUT2D eigenvalue weighted by atomic mass is 9.80. The molecule has 0 aromatic rings. The van der Waals surface area contributed by atoms with Crippen LogP contribution in [0, 0.1) is 5.92 Å².